The Morgan fingerprint density at radius 3 is 2.33 bits per heavy atom. The molecular weight excluding hydrogens is 336 g/mol. The lowest BCUT2D eigenvalue weighted by Crippen LogP contribution is -2.58. The van der Waals surface area contributed by atoms with Crippen LogP contribution in [0.2, 0.25) is 0 Å². The Balaban J connectivity index is 1.89. The Hall–Kier alpha value is -2.98. The number of nitrogens with zero attached hydrogens (tertiary/aromatic N) is 2. The maximum atomic E-state index is 12.5. The van der Waals surface area contributed by atoms with Gasteiger partial charge in [0.15, 0.2) is 0 Å². The maximum Gasteiger partial charge on any atom is 0.264 e. The zero-order valence-electron chi connectivity index (χ0n) is 14.9. The van der Waals surface area contributed by atoms with E-state index in [1.165, 1.54) is 5.56 Å². The van der Waals surface area contributed by atoms with Crippen molar-refractivity contribution in [2.24, 2.45) is 0 Å². The van der Waals surface area contributed by atoms with Crippen LogP contribution in [0.5, 0.6) is 0 Å². The number of fused-ring (bicyclic) bond motifs is 4. The van der Waals surface area contributed by atoms with Gasteiger partial charge in [-0.25, -0.2) is 0 Å². The lowest BCUT2D eigenvalue weighted by molar-refractivity contribution is -0.549. The fourth-order valence-electron chi connectivity index (χ4n) is 5.07. The molecule has 0 fully saturated rings. The molecule has 0 bridgehead atoms. The molecular formula is C23H20N2O2. The lowest BCUT2D eigenvalue weighted by atomic mass is 9.66. The zero-order valence-corrected chi connectivity index (χ0v) is 14.9. The van der Waals surface area contributed by atoms with Gasteiger partial charge in [0.25, 0.3) is 6.04 Å². The zero-order chi connectivity index (χ0) is 18.4. The molecule has 2 aliphatic rings. The molecule has 3 aromatic carbocycles. The van der Waals surface area contributed by atoms with Gasteiger partial charge < -0.3 is 0 Å². The molecule has 0 radical (unpaired) electrons. The van der Waals surface area contributed by atoms with Crippen LogP contribution in [0.15, 0.2) is 78.9 Å². The summed E-state index contributed by atoms with van der Waals surface area (Å²) in [4.78, 5) is 14.8. The Morgan fingerprint density at radius 2 is 1.56 bits per heavy atom. The highest BCUT2D eigenvalue weighted by Crippen LogP contribution is 2.54. The molecule has 2 heterocycles. The molecule has 0 aliphatic carbocycles. The topological polar surface area (TPSA) is 46.4 Å². The van der Waals surface area contributed by atoms with Crippen LogP contribution in [-0.2, 0) is 18.5 Å². The van der Waals surface area contributed by atoms with E-state index in [0.29, 0.717) is 0 Å². The van der Waals surface area contributed by atoms with E-state index in [0.717, 1.165) is 41.8 Å². The van der Waals surface area contributed by atoms with Crippen molar-refractivity contribution in [3.8, 4) is 0 Å². The highest BCUT2D eigenvalue weighted by molar-refractivity contribution is 5.51. The Labute approximate surface area is 158 Å². The van der Waals surface area contributed by atoms with Crippen molar-refractivity contribution in [2.75, 3.05) is 6.54 Å². The predicted octanol–water partition coefficient (Wildman–Crippen LogP) is 4.32. The summed E-state index contributed by atoms with van der Waals surface area (Å²) in [5.74, 6) is 0. The lowest BCUT2D eigenvalue weighted by Gasteiger charge is -2.52. The largest absolute Gasteiger partial charge is 0.279 e. The van der Waals surface area contributed by atoms with Gasteiger partial charge >= 0.3 is 0 Å². The van der Waals surface area contributed by atoms with Crippen LogP contribution >= 0.6 is 0 Å². The van der Waals surface area contributed by atoms with E-state index < -0.39 is 11.6 Å². The van der Waals surface area contributed by atoms with Crippen LogP contribution < -0.4 is 0 Å². The average Bonchev–Trinajstić information content (AvgIpc) is 2.72. The van der Waals surface area contributed by atoms with Gasteiger partial charge in [0.1, 0.15) is 5.54 Å². The Morgan fingerprint density at radius 1 is 0.889 bits per heavy atom. The standard InChI is InChI=1S/C23H20N2O2/c26-25(27)22-20-12-6-4-9-18(20)16-24-15-14-17-8-5-7-13-21(17)23(22,24)19-10-2-1-3-11-19/h1-13,22H,14-16H2/t22-,23-/m0/s1. The van der Waals surface area contributed by atoms with E-state index in [-0.39, 0.29) is 4.92 Å². The van der Waals surface area contributed by atoms with Crippen LogP contribution in [0.1, 0.15) is 33.9 Å². The maximum absolute atomic E-state index is 12.5. The summed E-state index contributed by atoms with van der Waals surface area (Å²) in [7, 11) is 0. The first-order chi connectivity index (χ1) is 13.2. The van der Waals surface area contributed by atoms with E-state index >= 15 is 0 Å². The van der Waals surface area contributed by atoms with Gasteiger partial charge in [-0.2, -0.15) is 0 Å². The molecule has 0 unspecified atom stereocenters. The normalized spacial score (nSPS) is 23.8. The second-order valence-electron chi connectivity index (χ2n) is 7.35. The van der Waals surface area contributed by atoms with E-state index in [9.17, 15) is 10.1 Å². The van der Waals surface area contributed by atoms with Gasteiger partial charge in [-0.15, -0.1) is 0 Å². The molecule has 2 aliphatic heterocycles. The molecule has 4 nitrogen and oxygen atoms in total. The van der Waals surface area contributed by atoms with E-state index in [4.69, 9.17) is 0 Å². The summed E-state index contributed by atoms with van der Waals surface area (Å²) in [5.41, 5.74) is 4.38. The first kappa shape index (κ1) is 16.2. The smallest absolute Gasteiger partial charge is 0.264 e. The monoisotopic (exact) mass is 356 g/mol. The third-order valence-corrected chi connectivity index (χ3v) is 6.11. The number of hydrogen-bond acceptors (Lipinski definition) is 3. The minimum absolute atomic E-state index is 0.0832. The molecule has 0 N–H and O–H groups in total. The molecule has 4 heteroatoms. The van der Waals surface area contributed by atoms with E-state index in [2.05, 4.69) is 17.0 Å². The van der Waals surface area contributed by atoms with Crippen molar-refractivity contribution < 1.29 is 4.92 Å². The summed E-state index contributed by atoms with van der Waals surface area (Å²) >= 11 is 0. The molecule has 0 saturated heterocycles. The molecule has 0 saturated carbocycles. The molecule has 3 aromatic rings. The Kier molecular flexibility index (Phi) is 3.62. The number of nitro groups is 1. The van der Waals surface area contributed by atoms with Gasteiger partial charge in [-0.1, -0.05) is 78.9 Å². The first-order valence-corrected chi connectivity index (χ1v) is 9.33. The van der Waals surface area contributed by atoms with Crippen molar-refractivity contribution in [3.63, 3.8) is 0 Å². The quantitative estimate of drug-likeness (QED) is 0.507. The minimum Gasteiger partial charge on any atom is -0.279 e. The van der Waals surface area contributed by atoms with Gasteiger partial charge in [-0.05, 0) is 28.7 Å². The summed E-state index contributed by atoms with van der Waals surface area (Å²) in [6.07, 6.45) is 0.914. The second kappa shape index (κ2) is 6.03. The number of hydrogen-bond donors (Lipinski definition) is 0. The van der Waals surface area contributed by atoms with Gasteiger partial charge in [0.2, 0.25) is 0 Å². The molecule has 5 rings (SSSR count). The number of rotatable bonds is 2. The van der Waals surface area contributed by atoms with Crippen LogP contribution in [0.25, 0.3) is 0 Å². The second-order valence-corrected chi connectivity index (χ2v) is 7.35. The van der Waals surface area contributed by atoms with Crippen LogP contribution in [0, 0.1) is 10.1 Å². The van der Waals surface area contributed by atoms with Crippen LogP contribution in [-0.4, -0.2) is 16.4 Å². The van der Waals surface area contributed by atoms with Crippen LogP contribution in [0.4, 0.5) is 0 Å². The summed E-state index contributed by atoms with van der Waals surface area (Å²) in [5, 5.41) is 12.5. The Bertz CT molecular complexity index is 1020. The van der Waals surface area contributed by atoms with Gasteiger partial charge in [0, 0.05) is 23.6 Å². The van der Waals surface area contributed by atoms with Crippen molar-refractivity contribution in [3.05, 3.63) is 117 Å². The van der Waals surface area contributed by atoms with E-state index in [1.54, 1.807) is 0 Å². The minimum atomic E-state index is -0.841. The van der Waals surface area contributed by atoms with Gasteiger partial charge in [-0.3, -0.25) is 15.0 Å². The SMILES string of the molecule is O=[N+]([O-])[C@H]1c2ccccc2CN2CCc3ccccc3[C@@]12c1ccccc1. The van der Waals surface area contributed by atoms with Crippen molar-refractivity contribution in [1.29, 1.82) is 0 Å². The molecule has 0 amide bonds. The van der Waals surface area contributed by atoms with Crippen molar-refractivity contribution in [2.45, 2.75) is 24.5 Å². The summed E-state index contributed by atoms with van der Waals surface area (Å²) in [6, 6.07) is 25.3. The van der Waals surface area contributed by atoms with Crippen LogP contribution in [0.3, 0.4) is 0 Å². The number of benzene rings is 3. The first-order valence-electron chi connectivity index (χ1n) is 9.33. The van der Waals surface area contributed by atoms with E-state index in [1.807, 2.05) is 66.7 Å². The third kappa shape index (κ3) is 2.20. The molecule has 2 atom stereocenters. The highest BCUT2D eigenvalue weighted by Gasteiger charge is 2.59. The fourth-order valence-corrected chi connectivity index (χ4v) is 5.07. The molecule has 27 heavy (non-hydrogen) atoms. The molecule has 134 valence electrons. The van der Waals surface area contributed by atoms with Gasteiger partial charge in [0.05, 0.1) is 0 Å². The predicted molar refractivity (Wildman–Crippen MR) is 104 cm³/mol. The third-order valence-electron chi connectivity index (χ3n) is 6.11. The van der Waals surface area contributed by atoms with Crippen molar-refractivity contribution in [1.82, 2.24) is 4.90 Å². The van der Waals surface area contributed by atoms with Crippen molar-refractivity contribution >= 4 is 0 Å². The summed E-state index contributed by atoms with van der Waals surface area (Å²) in [6.45, 7) is 1.54. The fraction of sp³-hybridized carbons (Fsp3) is 0.217. The molecule has 0 aromatic heterocycles. The molecule has 0 spiro atoms. The average molecular weight is 356 g/mol. The summed E-state index contributed by atoms with van der Waals surface area (Å²) < 4.78 is 0. The highest BCUT2D eigenvalue weighted by atomic mass is 16.6.